The summed E-state index contributed by atoms with van der Waals surface area (Å²) in [4.78, 5) is 6.69. The van der Waals surface area contributed by atoms with Crippen LogP contribution in [0.5, 0.6) is 0 Å². The molecule has 9 heteroatoms. The van der Waals surface area contributed by atoms with Gasteiger partial charge in [-0.3, -0.25) is 0 Å². The van der Waals surface area contributed by atoms with Gasteiger partial charge in [-0.2, -0.15) is 4.37 Å². The van der Waals surface area contributed by atoms with Crippen LogP contribution in [0.1, 0.15) is 29.8 Å². The second kappa shape index (κ2) is 9.90. The number of nitrogens with one attached hydrogen (secondary N) is 2. The van der Waals surface area contributed by atoms with Gasteiger partial charge in [0.25, 0.3) is 0 Å². The first-order valence-electron chi connectivity index (χ1n) is 11.4. The molecular weight excluding hydrogens is 462 g/mol. The molecule has 7 nitrogen and oxygen atoms in total. The fourth-order valence-corrected chi connectivity index (χ4v) is 5.43. The molecule has 5 rings (SSSR count). The molecule has 0 unspecified atom stereocenters. The van der Waals surface area contributed by atoms with Crippen molar-refractivity contribution in [2.75, 3.05) is 28.6 Å². The van der Waals surface area contributed by atoms with E-state index in [9.17, 15) is 0 Å². The summed E-state index contributed by atoms with van der Waals surface area (Å²) < 4.78 is 4.13. The first-order valence-corrected chi connectivity index (χ1v) is 12.9. The molecule has 3 heterocycles. The molecule has 0 saturated carbocycles. The van der Waals surface area contributed by atoms with E-state index >= 15 is 0 Å². The zero-order valence-corrected chi connectivity index (χ0v) is 21.1. The molecule has 0 radical (unpaired) electrons. The predicted octanol–water partition coefficient (Wildman–Crippen LogP) is 8.03. The van der Waals surface area contributed by atoms with E-state index in [1.165, 1.54) is 53.0 Å². The lowest BCUT2D eigenvalue weighted by Gasteiger charge is -2.14. The molecule has 2 aromatic heterocycles. The fraction of sp³-hybridized carbons (Fsp3) is 0.280. The van der Waals surface area contributed by atoms with Crippen LogP contribution in [0.2, 0.25) is 0 Å². The third-order valence-corrected chi connectivity index (χ3v) is 7.49. The first-order chi connectivity index (χ1) is 16.5. The Morgan fingerprint density at radius 1 is 0.853 bits per heavy atom. The van der Waals surface area contributed by atoms with E-state index in [4.69, 9.17) is 0 Å². The Kier molecular flexibility index (Phi) is 6.55. The molecule has 0 amide bonds. The molecule has 2 aromatic carbocycles. The van der Waals surface area contributed by atoms with Gasteiger partial charge in [-0.15, -0.1) is 21.6 Å². The third-order valence-electron chi connectivity index (χ3n) is 5.74. The van der Waals surface area contributed by atoms with Crippen molar-refractivity contribution >= 4 is 60.8 Å². The fourth-order valence-electron chi connectivity index (χ4n) is 3.95. The minimum atomic E-state index is 0.568. The Morgan fingerprint density at radius 3 is 2.35 bits per heavy atom. The van der Waals surface area contributed by atoms with Crippen molar-refractivity contribution in [3.8, 4) is 0 Å². The smallest absolute Gasteiger partial charge is 0.249 e. The van der Waals surface area contributed by atoms with E-state index in [2.05, 4.69) is 78.4 Å². The summed E-state index contributed by atoms with van der Waals surface area (Å²) in [5, 5.41) is 18.7. The van der Waals surface area contributed by atoms with Gasteiger partial charge in [0.1, 0.15) is 5.82 Å². The molecule has 174 valence electrons. The van der Waals surface area contributed by atoms with Gasteiger partial charge in [-0.25, -0.2) is 4.98 Å². The van der Waals surface area contributed by atoms with Crippen LogP contribution in [-0.4, -0.2) is 22.4 Å². The predicted molar refractivity (Wildman–Crippen MR) is 144 cm³/mol. The number of azo groups is 1. The van der Waals surface area contributed by atoms with Crippen LogP contribution in [0.15, 0.2) is 58.8 Å². The van der Waals surface area contributed by atoms with E-state index in [-0.39, 0.29) is 0 Å². The van der Waals surface area contributed by atoms with Crippen LogP contribution in [0.25, 0.3) is 0 Å². The van der Waals surface area contributed by atoms with Crippen molar-refractivity contribution in [3.63, 3.8) is 0 Å². The lowest BCUT2D eigenvalue weighted by atomic mass is 10.1. The van der Waals surface area contributed by atoms with E-state index in [1.54, 1.807) is 0 Å². The Bertz CT molecular complexity index is 1320. The quantitative estimate of drug-likeness (QED) is 0.257. The number of nitrogens with zero attached hydrogens (tertiary/aromatic N) is 5. The number of anilines is 5. The summed E-state index contributed by atoms with van der Waals surface area (Å²) >= 11 is 3.07. The lowest BCUT2D eigenvalue weighted by molar-refractivity contribution is 0.949. The number of aryl methyl sites for hydroxylation is 3. The van der Waals surface area contributed by atoms with Crippen molar-refractivity contribution in [1.29, 1.82) is 0 Å². The standard InChI is InChI=1S/C25H27N7S2/c1-16-14-20(28-23-10-11-24(33-23)32-12-4-5-13-32)6-8-21(16)27-19-7-9-22(17(2)15-19)29-30-25-26-18(3)31-34-25/h6-11,14-15,27-28H,4-5,12-13H2,1-3H3. The normalized spacial score (nSPS) is 13.7. The minimum Gasteiger partial charge on any atom is -0.363 e. The van der Waals surface area contributed by atoms with E-state index in [0.717, 1.165) is 28.3 Å². The summed E-state index contributed by atoms with van der Waals surface area (Å²) in [6.45, 7) is 8.34. The van der Waals surface area contributed by atoms with Gasteiger partial charge in [0.05, 0.1) is 15.7 Å². The summed E-state index contributed by atoms with van der Waals surface area (Å²) in [5.74, 6) is 0.717. The number of aromatic nitrogens is 2. The molecule has 1 fully saturated rings. The van der Waals surface area contributed by atoms with Gasteiger partial charge in [-0.05, 0) is 93.3 Å². The number of hydrogen-bond donors (Lipinski definition) is 2. The Balaban J connectivity index is 1.24. The SMILES string of the molecule is Cc1nsc(N=Nc2ccc(Nc3ccc(Nc4ccc(N5CCCC5)s4)cc3C)cc2C)n1. The van der Waals surface area contributed by atoms with E-state index in [1.807, 2.05) is 37.3 Å². The van der Waals surface area contributed by atoms with Crippen LogP contribution in [0, 0.1) is 20.8 Å². The van der Waals surface area contributed by atoms with Gasteiger partial charge in [0.2, 0.25) is 5.13 Å². The second-order valence-electron chi connectivity index (χ2n) is 8.44. The topological polar surface area (TPSA) is 77.8 Å². The molecule has 2 N–H and O–H groups in total. The maximum Gasteiger partial charge on any atom is 0.249 e. The highest BCUT2D eigenvalue weighted by atomic mass is 32.1. The van der Waals surface area contributed by atoms with E-state index < -0.39 is 0 Å². The Morgan fingerprint density at radius 2 is 1.62 bits per heavy atom. The average molecular weight is 490 g/mol. The highest BCUT2D eigenvalue weighted by molar-refractivity contribution is 7.20. The maximum absolute atomic E-state index is 4.33. The molecule has 1 saturated heterocycles. The second-order valence-corrected chi connectivity index (χ2v) is 10.2. The molecule has 0 atom stereocenters. The number of rotatable bonds is 7. The lowest BCUT2D eigenvalue weighted by Crippen LogP contribution is -2.15. The molecule has 34 heavy (non-hydrogen) atoms. The number of benzene rings is 2. The zero-order valence-electron chi connectivity index (χ0n) is 19.5. The largest absolute Gasteiger partial charge is 0.363 e. The van der Waals surface area contributed by atoms with Gasteiger partial charge in [0.15, 0.2) is 0 Å². The van der Waals surface area contributed by atoms with Crippen LogP contribution >= 0.6 is 22.9 Å². The summed E-state index contributed by atoms with van der Waals surface area (Å²) in [7, 11) is 0. The highest BCUT2D eigenvalue weighted by Gasteiger charge is 2.14. The van der Waals surface area contributed by atoms with Crippen molar-refractivity contribution < 1.29 is 0 Å². The summed E-state index contributed by atoms with van der Waals surface area (Å²) in [5.41, 5.74) is 6.22. The van der Waals surface area contributed by atoms with Gasteiger partial charge in [-0.1, -0.05) is 0 Å². The summed E-state index contributed by atoms with van der Waals surface area (Å²) in [6.07, 6.45) is 2.59. The molecule has 0 aliphatic carbocycles. The molecule has 1 aliphatic rings. The van der Waals surface area contributed by atoms with Crippen LogP contribution in [0.3, 0.4) is 0 Å². The van der Waals surface area contributed by atoms with Crippen LogP contribution in [-0.2, 0) is 0 Å². The zero-order chi connectivity index (χ0) is 23.5. The van der Waals surface area contributed by atoms with Crippen LogP contribution in [0.4, 0.5) is 37.9 Å². The average Bonchev–Trinajstić information content (AvgIpc) is 3.57. The Hall–Kier alpha value is -3.30. The monoisotopic (exact) mass is 489 g/mol. The highest BCUT2D eigenvalue weighted by Crippen LogP contribution is 2.35. The van der Waals surface area contributed by atoms with Crippen molar-refractivity contribution in [2.45, 2.75) is 33.6 Å². The minimum absolute atomic E-state index is 0.568. The van der Waals surface area contributed by atoms with Gasteiger partial charge < -0.3 is 15.5 Å². The van der Waals surface area contributed by atoms with Crippen LogP contribution < -0.4 is 15.5 Å². The molecule has 0 bridgehead atoms. The summed E-state index contributed by atoms with van der Waals surface area (Å²) in [6, 6.07) is 16.9. The Labute approximate surface area is 207 Å². The molecule has 4 aromatic rings. The van der Waals surface area contributed by atoms with Crippen molar-refractivity contribution in [2.24, 2.45) is 10.2 Å². The third kappa shape index (κ3) is 5.26. The van der Waals surface area contributed by atoms with E-state index in [0.29, 0.717) is 11.0 Å². The number of thiophene rings is 1. The molecular formula is C25H27N7S2. The van der Waals surface area contributed by atoms with Gasteiger partial charge >= 0.3 is 0 Å². The van der Waals surface area contributed by atoms with Crippen molar-refractivity contribution in [1.82, 2.24) is 9.36 Å². The molecule has 1 aliphatic heterocycles. The van der Waals surface area contributed by atoms with Gasteiger partial charge in [0, 0.05) is 41.7 Å². The molecule has 0 spiro atoms. The number of hydrogen-bond acceptors (Lipinski definition) is 9. The maximum atomic E-state index is 4.33. The van der Waals surface area contributed by atoms with Crippen molar-refractivity contribution in [3.05, 3.63) is 65.5 Å². The first kappa shape index (κ1) is 22.5.